The minimum absolute atomic E-state index is 0.0219. The molecule has 0 heterocycles. The number of likely N-dealkylation sites (N-methyl/N-ethyl adjacent to an activating group) is 1. The number of anilines is 1. The molecule has 1 N–H and O–H groups in total. The molecule has 2 amide bonds. The normalized spacial score (nSPS) is 11.8. The summed E-state index contributed by atoms with van der Waals surface area (Å²) >= 11 is 6.31. The van der Waals surface area contributed by atoms with E-state index >= 15 is 0 Å². The molecule has 4 aromatic carbocycles. The van der Waals surface area contributed by atoms with Crippen LogP contribution >= 0.6 is 11.6 Å². The van der Waals surface area contributed by atoms with E-state index in [2.05, 4.69) is 5.32 Å². The molecule has 0 aliphatic rings. The lowest BCUT2D eigenvalue weighted by atomic mass is 10.0. The number of benzene rings is 4. The van der Waals surface area contributed by atoms with Gasteiger partial charge in [-0.1, -0.05) is 78.3 Å². The lowest BCUT2D eigenvalue weighted by molar-refractivity contribution is -0.139. The van der Waals surface area contributed by atoms with Crippen molar-refractivity contribution in [1.29, 1.82) is 0 Å². The molecule has 8 nitrogen and oxygen atoms in total. The zero-order chi connectivity index (χ0) is 31.0. The SMILES string of the molecule is CNC(=O)[C@@H](Cc1ccccc1)N(Cc1cccc(OC)c1)C(=O)CN(c1cc(Cl)ccc1C)S(=O)(=O)c1ccccc1. The summed E-state index contributed by atoms with van der Waals surface area (Å²) in [6, 6.07) is 28.4. The molecule has 10 heteroatoms. The first-order chi connectivity index (χ1) is 20.6. The molecule has 0 unspecified atom stereocenters. The summed E-state index contributed by atoms with van der Waals surface area (Å²) in [7, 11) is -1.15. The number of nitrogens with zero attached hydrogens (tertiary/aromatic N) is 2. The van der Waals surface area contributed by atoms with E-state index in [-0.39, 0.29) is 29.5 Å². The predicted molar refractivity (Wildman–Crippen MR) is 169 cm³/mol. The van der Waals surface area contributed by atoms with Crippen molar-refractivity contribution >= 4 is 39.1 Å². The maximum atomic E-state index is 14.4. The number of sulfonamides is 1. The minimum Gasteiger partial charge on any atom is -0.497 e. The predicted octanol–water partition coefficient (Wildman–Crippen LogP) is 5.24. The van der Waals surface area contributed by atoms with Crippen molar-refractivity contribution < 1.29 is 22.7 Å². The third-order valence-electron chi connectivity index (χ3n) is 7.05. The molecule has 0 aliphatic carbocycles. The average molecular weight is 620 g/mol. The first-order valence-corrected chi connectivity index (χ1v) is 15.5. The van der Waals surface area contributed by atoms with Crippen LogP contribution < -0.4 is 14.4 Å². The molecule has 0 saturated heterocycles. The van der Waals surface area contributed by atoms with E-state index in [0.717, 1.165) is 9.87 Å². The summed E-state index contributed by atoms with van der Waals surface area (Å²) in [5.41, 5.74) is 2.44. The summed E-state index contributed by atoms with van der Waals surface area (Å²) in [6.45, 7) is 1.22. The van der Waals surface area contributed by atoms with Gasteiger partial charge in [0.2, 0.25) is 11.8 Å². The second kappa shape index (κ2) is 14.2. The van der Waals surface area contributed by atoms with Crippen LogP contribution in [-0.4, -0.2) is 51.9 Å². The van der Waals surface area contributed by atoms with Gasteiger partial charge in [-0.15, -0.1) is 0 Å². The minimum atomic E-state index is -4.21. The monoisotopic (exact) mass is 619 g/mol. The lowest BCUT2D eigenvalue weighted by Gasteiger charge is -2.34. The molecule has 43 heavy (non-hydrogen) atoms. The zero-order valence-electron chi connectivity index (χ0n) is 24.2. The maximum Gasteiger partial charge on any atom is 0.264 e. The highest BCUT2D eigenvalue weighted by Gasteiger charge is 2.34. The van der Waals surface area contributed by atoms with Crippen LogP contribution in [0.25, 0.3) is 0 Å². The fraction of sp³-hybridized carbons (Fsp3) is 0.212. The van der Waals surface area contributed by atoms with Gasteiger partial charge in [-0.2, -0.15) is 0 Å². The third kappa shape index (κ3) is 7.74. The highest BCUT2D eigenvalue weighted by Crippen LogP contribution is 2.30. The van der Waals surface area contributed by atoms with Gasteiger partial charge < -0.3 is 15.0 Å². The first kappa shape index (κ1) is 31.6. The molecule has 4 rings (SSSR count). The Balaban J connectivity index is 1.82. The number of rotatable bonds is 12. The Morgan fingerprint density at radius 2 is 1.53 bits per heavy atom. The third-order valence-corrected chi connectivity index (χ3v) is 9.06. The number of methoxy groups -OCH3 is 1. The van der Waals surface area contributed by atoms with E-state index in [4.69, 9.17) is 16.3 Å². The molecular formula is C33H34ClN3O5S. The second-order valence-electron chi connectivity index (χ2n) is 9.95. The first-order valence-electron chi connectivity index (χ1n) is 13.7. The molecule has 0 bridgehead atoms. The molecule has 0 aliphatic heterocycles. The summed E-state index contributed by atoms with van der Waals surface area (Å²) in [5.74, 6) is -0.352. The quantitative estimate of drug-likeness (QED) is 0.234. The smallest absolute Gasteiger partial charge is 0.264 e. The molecule has 0 fully saturated rings. The van der Waals surface area contributed by atoms with Crippen molar-refractivity contribution in [2.24, 2.45) is 0 Å². The van der Waals surface area contributed by atoms with Crippen LogP contribution in [0.2, 0.25) is 5.02 Å². The van der Waals surface area contributed by atoms with Crippen molar-refractivity contribution in [3.63, 3.8) is 0 Å². The van der Waals surface area contributed by atoms with Crippen molar-refractivity contribution in [2.75, 3.05) is 25.0 Å². The Hall–Kier alpha value is -4.34. The van der Waals surface area contributed by atoms with Crippen LogP contribution in [0.3, 0.4) is 0 Å². The van der Waals surface area contributed by atoms with Gasteiger partial charge in [-0.25, -0.2) is 8.42 Å². The van der Waals surface area contributed by atoms with Gasteiger partial charge in [0.25, 0.3) is 10.0 Å². The maximum absolute atomic E-state index is 14.4. The fourth-order valence-corrected chi connectivity index (χ4v) is 6.43. The molecule has 1 atom stereocenters. The average Bonchev–Trinajstić information content (AvgIpc) is 3.03. The van der Waals surface area contributed by atoms with Crippen molar-refractivity contribution in [3.05, 3.63) is 125 Å². The van der Waals surface area contributed by atoms with E-state index in [9.17, 15) is 18.0 Å². The summed E-state index contributed by atoms with van der Waals surface area (Å²) in [4.78, 5) is 29.2. The van der Waals surface area contributed by atoms with Crippen LogP contribution in [0.1, 0.15) is 16.7 Å². The van der Waals surface area contributed by atoms with Gasteiger partial charge >= 0.3 is 0 Å². The number of amides is 2. The van der Waals surface area contributed by atoms with Gasteiger partial charge in [-0.05, 0) is 60.0 Å². The Morgan fingerprint density at radius 3 is 2.19 bits per heavy atom. The number of carbonyl (C=O) groups is 2. The summed E-state index contributed by atoms with van der Waals surface area (Å²) in [5, 5.41) is 3.00. The van der Waals surface area contributed by atoms with Crippen molar-refractivity contribution in [1.82, 2.24) is 10.2 Å². The summed E-state index contributed by atoms with van der Waals surface area (Å²) < 4.78 is 34.6. The molecule has 4 aromatic rings. The standard InChI is InChI=1S/C33H34ClN3O5S/c1-24-17-18-27(34)21-30(24)37(43(40,41)29-15-8-5-9-16-29)23-32(38)36(22-26-13-10-14-28(19-26)42-3)31(33(39)35-2)20-25-11-6-4-7-12-25/h4-19,21,31H,20,22-23H2,1-3H3,(H,35,39)/t31-/m1/s1. The summed E-state index contributed by atoms with van der Waals surface area (Å²) in [6.07, 6.45) is 0.220. The van der Waals surface area contributed by atoms with E-state index in [0.29, 0.717) is 21.9 Å². The van der Waals surface area contributed by atoms with Crippen LogP contribution in [0.4, 0.5) is 5.69 Å². The second-order valence-corrected chi connectivity index (χ2v) is 12.2. The number of hydrogen-bond acceptors (Lipinski definition) is 5. The number of halogens is 1. The molecule has 0 spiro atoms. The van der Waals surface area contributed by atoms with Crippen LogP contribution in [0, 0.1) is 6.92 Å². The highest BCUT2D eigenvalue weighted by molar-refractivity contribution is 7.92. The number of nitrogens with one attached hydrogen (secondary N) is 1. The number of hydrogen-bond donors (Lipinski definition) is 1. The number of aryl methyl sites for hydroxylation is 1. The van der Waals surface area contributed by atoms with Gasteiger partial charge in [0, 0.05) is 25.0 Å². The zero-order valence-corrected chi connectivity index (χ0v) is 25.8. The van der Waals surface area contributed by atoms with E-state index in [1.54, 1.807) is 62.6 Å². The van der Waals surface area contributed by atoms with Crippen LogP contribution in [0.15, 0.2) is 108 Å². The van der Waals surface area contributed by atoms with Crippen molar-refractivity contribution in [2.45, 2.75) is 30.8 Å². The van der Waals surface area contributed by atoms with Gasteiger partial charge in [0.1, 0.15) is 18.3 Å². The largest absolute Gasteiger partial charge is 0.497 e. The van der Waals surface area contributed by atoms with Gasteiger partial charge in [0.05, 0.1) is 17.7 Å². The molecule has 224 valence electrons. The topological polar surface area (TPSA) is 96.0 Å². The highest BCUT2D eigenvalue weighted by atomic mass is 35.5. The van der Waals surface area contributed by atoms with E-state index in [1.165, 1.54) is 30.1 Å². The molecular weight excluding hydrogens is 586 g/mol. The molecule has 0 saturated carbocycles. The van der Waals surface area contributed by atoms with Crippen LogP contribution in [-0.2, 0) is 32.6 Å². The van der Waals surface area contributed by atoms with Gasteiger partial charge in [-0.3, -0.25) is 13.9 Å². The van der Waals surface area contributed by atoms with E-state index < -0.39 is 28.5 Å². The molecule has 0 aromatic heterocycles. The Bertz CT molecular complexity index is 1670. The number of carbonyl (C=O) groups excluding carboxylic acids is 2. The van der Waals surface area contributed by atoms with Crippen LogP contribution in [0.5, 0.6) is 5.75 Å². The van der Waals surface area contributed by atoms with Gasteiger partial charge in [0.15, 0.2) is 0 Å². The van der Waals surface area contributed by atoms with E-state index in [1.807, 2.05) is 36.4 Å². The molecule has 0 radical (unpaired) electrons. The fourth-order valence-electron chi connectivity index (χ4n) is 4.77. The Labute approximate surface area is 257 Å². The Morgan fingerprint density at radius 1 is 0.884 bits per heavy atom. The lowest BCUT2D eigenvalue weighted by Crippen LogP contribution is -2.53. The van der Waals surface area contributed by atoms with Crippen molar-refractivity contribution in [3.8, 4) is 5.75 Å². The number of ether oxygens (including phenoxy) is 1. The Kier molecular flexibility index (Phi) is 10.4.